The van der Waals surface area contributed by atoms with Gasteiger partial charge in [0.05, 0.1) is 13.2 Å². The van der Waals surface area contributed by atoms with E-state index in [9.17, 15) is 4.79 Å². The van der Waals surface area contributed by atoms with E-state index in [4.69, 9.17) is 31.3 Å². The molecular formula is C6H13NO6. The zero-order valence-corrected chi connectivity index (χ0v) is 6.79. The maximum Gasteiger partial charge on any atom is 0.212 e. The number of carbonyl (C=O) groups is 1. The average Bonchev–Trinajstić information content (AvgIpc) is 2.13. The second kappa shape index (κ2) is 4.61. The number of aliphatic hydroxyl groups is 5. The fourth-order valence-electron chi connectivity index (χ4n) is 0.653. The van der Waals surface area contributed by atoms with Crippen molar-refractivity contribution in [1.29, 1.82) is 0 Å². The lowest BCUT2D eigenvalue weighted by Gasteiger charge is -2.27. The molecule has 7 N–H and O–H groups in total. The number of nitrogens with two attached hydrogens (primary N) is 1. The topological polar surface area (TPSA) is 144 Å². The summed E-state index contributed by atoms with van der Waals surface area (Å²) in [6.45, 7) is -1.85. The Labute approximate surface area is 74.0 Å². The average molecular weight is 195 g/mol. The van der Waals surface area contributed by atoms with Crippen LogP contribution in [-0.4, -0.2) is 62.5 Å². The lowest BCUT2D eigenvalue weighted by Crippen LogP contribution is -2.62. The van der Waals surface area contributed by atoms with Gasteiger partial charge in [-0.3, -0.25) is 10.5 Å². The lowest BCUT2D eigenvalue weighted by atomic mass is 9.99. The summed E-state index contributed by atoms with van der Waals surface area (Å²) in [5, 5.41) is 43.5. The van der Waals surface area contributed by atoms with Gasteiger partial charge in [0.1, 0.15) is 12.2 Å². The second-order valence-electron chi connectivity index (χ2n) is 2.59. The van der Waals surface area contributed by atoms with E-state index < -0.39 is 36.9 Å². The van der Waals surface area contributed by atoms with Gasteiger partial charge >= 0.3 is 0 Å². The first kappa shape index (κ1) is 12.4. The van der Waals surface area contributed by atoms with E-state index in [1.54, 1.807) is 0 Å². The van der Waals surface area contributed by atoms with Crippen LogP contribution in [0, 0.1) is 0 Å². The summed E-state index contributed by atoms with van der Waals surface area (Å²) in [5.74, 6) is -1.35. The van der Waals surface area contributed by atoms with E-state index in [1.807, 2.05) is 0 Å². The van der Waals surface area contributed by atoms with Gasteiger partial charge in [-0.05, 0) is 0 Å². The van der Waals surface area contributed by atoms with Crippen molar-refractivity contribution in [2.24, 2.45) is 5.73 Å². The molecule has 0 amide bonds. The first-order valence-corrected chi connectivity index (χ1v) is 3.51. The highest BCUT2D eigenvalue weighted by molar-refractivity contribution is 5.90. The van der Waals surface area contributed by atoms with Crippen molar-refractivity contribution in [3.63, 3.8) is 0 Å². The van der Waals surface area contributed by atoms with E-state index in [0.717, 1.165) is 0 Å². The monoisotopic (exact) mass is 195 g/mol. The van der Waals surface area contributed by atoms with Gasteiger partial charge in [-0.2, -0.15) is 0 Å². The fourth-order valence-corrected chi connectivity index (χ4v) is 0.653. The highest BCUT2D eigenvalue weighted by Crippen LogP contribution is 2.07. The third-order valence-corrected chi connectivity index (χ3v) is 1.55. The Morgan fingerprint density at radius 1 is 1.31 bits per heavy atom. The van der Waals surface area contributed by atoms with E-state index in [2.05, 4.69) is 0 Å². The van der Waals surface area contributed by atoms with Crippen LogP contribution < -0.4 is 5.73 Å². The van der Waals surface area contributed by atoms with E-state index in [1.165, 1.54) is 0 Å². The van der Waals surface area contributed by atoms with Crippen molar-refractivity contribution in [3.8, 4) is 0 Å². The maximum atomic E-state index is 10.9. The van der Waals surface area contributed by atoms with Gasteiger partial charge in [0.2, 0.25) is 11.5 Å². The van der Waals surface area contributed by atoms with Crippen molar-refractivity contribution in [2.45, 2.75) is 17.9 Å². The van der Waals surface area contributed by atoms with Crippen molar-refractivity contribution < 1.29 is 30.3 Å². The van der Waals surface area contributed by atoms with Gasteiger partial charge in [-0.1, -0.05) is 0 Å². The van der Waals surface area contributed by atoms with Crippen LogP contribution in [0.5, 0.6) is 0 Å². The van der Waals surface area contributed by atoms with Crippen molar-refractivity contribution in [3.05, 3.63) is 0 Å². The summed E-state index contributed by atoms with van der Waals surface area (Å²) in [4.78, 5) is 10.9. The molecule has 0 aliphatic carbocycles. The summed E-state index contributed by atoms with van der Waals surface area (Å²) < 4.78 is 0. The van der Waals surface area contributed by atoms with Gasteiger partial charge in [-0.25, -0.2) is 0 Å². The number of Topliss-reactive ketones (excluding diaryl/α,β-unsaturated/α-hetero) is 1. The van der Waals surface area contributed by atoms with Crippen LogP contribution in [-0.2, 0) is 4.79 Å². The molecule has 78 valence electrons. The molecule has 0 radical (unpaired) electrons. The molecule has 3 atom stereocenters. The van der Waals surface area contributed by atoms with Gasteiger partial charge in [-0.15, -0.1) is 0 Å². The molecule has 0 aromatic heterocycles. The zero-order valence-electron chi connectivity index (χ0n) is 6.79. The SMILES string of the molecule is N[C@](O)(C(=O)[C@H](O)CO)[C@H](O)CO. The second-order valence-corrected chi connectivity index (χ2v) is 2.59. The number of hydrogen-bond acceptors (Lipinski definition) is 7. The number of aliphatic hydroxyl groups excluding tert-OH is 4. The van der Waals surface area contributed by atoms with Crippen LogP contribution in [0.15, 0.2) is 0 Å². The molecule has 0 unspecified atom stereocenters. The highest BCUT2D eigenvalue weighted by atomic mass is 16.4. The van der Waals surface area contributed by atoms with Crippen molar-refractivity contribution in [1.82, 2.24) is 0 Å². The Kier molecular flexibility index (Phi) is 4.40. The molecule has 0 aliphatic heterocycles. The zero-order chi connectivity index (χ0) is 10.6. The summed E-state index contributed by atoms with van der Waals surface area (Å²) in [6, 6.07) is 0. The smallest absolute Gasteiger partial charge is 0.212 e. The van der Waals surface area contributed by atoms with Gasteiger partial charge < -0.3 is 25.5 Å². The molecule has 0 aliphatic rings. The molecule has 0 fully saturated rings. The molecule has 0 aromatic carbocycles. The minimum atomic E-state index is -2.75. The third-order valence-electron chi connectivity index (χ3n) is 1.55. The number of ketones is 1. The number of carbonyl (C=O) groups excluding carboxylic acids is 1. The minimum Gasteiger partial charge on any atom is -0.393 e. The summed E-state index contributed by atoms with van der Waals surface area (Å²) >= 11 is 0. The molecule has 0 spiro atoms. The standard InChI is InChI=1S/C6H13NO6/c7-6(13,4(11)2-9)5(12)3(10)1-8/h3-4,8-11,13H,1-2,7H2/t3-,4-,6-/m1/s1. The highest BCUT2D eigenvalue weighted by Gasteiger charge is 2.41. The van der Waals surface area contributed by atoms with Crippen LogP contribution >= 0.6 is 0 Å². The lowest BCUT2D eigenvalue weighted by molar-refractivity contribution is -0.163. The normalized spacial score (nSPS) is 20.5. The van der Waals surface area contributed by atoms with Crippen molar-refractivity contribution >= 4 is 5.78 Å². The molecule has 7 nitrogen and oxygen atoms in total. The fraction of sp³-hybridized carbons (Fsp3) is 0.833. The molecule has 0 saturated heterocycles. The van der Waals surface area contributed by atoms with Crippen LogP contribution in [0.4, 0.5) is 0 Å². The van der Waals surface area contributed by atoms with Crippen LogP contribution in [0.2, 0.25) is 0 Å². The largest absolute Gasteiger partial charge is 0.393 e. The van der Waals surface area contributed by atoms with E-state index in [-0.39, 0.29) is 0 Å². The van der Waals surface area contributed by atoms with E-state index >= 15 is 0 Å². The molecule has 0 bridgehead atoms. The quantitative estimate of drug-likeness (QED) is 0.245. The molecule has 13 heavy (non-hydrogen) atoms. The van der Waals surface area contributed by atoms with Crippen LogP contribution in [0.25, 0.3) is 0 Å². The summed E-state index contributed by atoms with van der Waals surface area (Å²) in [6.07, 6.45) is -3.78. The Hall–Kier alpha value is -0.570. The molecule has 0 heterocycles. The number of hydrogen-bond donors (Lipinski definition) is 6. The minimum absolute atomic E-state index is 0.920. The Morgan fingerprint density at radius 3 is 2.08 bits per heavy atom. The first-order chi connectivity index (χ1) is 5.87. The predicted molar refractivity (Wildman–Crippen MR) is 40.3 cm³/mol. The summed E-state index contributed by atoms with van der Waals surface area (Å²) in [7, 11) is 0. The third kappa shape index (κ3) is 2.69. The Bertz CT molecular complexity index is 182. The van der Waals surface area contributed by atoms with E-state index in [0.29, 0.717) is 0 Å². The molecule has 0 saturated carbocycles. The Morgan fingerprint density at radius 2 is 1.77 bits per heavy atom. The molecule has 0 rings (SSSR count). The number of rotatable bonds is 5. The molecular weight excluding hydrogens is 182 g/mol. The van der Waals surface area contributed by atoms with Crippen molar-refractivity contribution in [2.75, 3.05) is 13.2 Å². The Balaban J connectivity index is 4.53. The molecule has 0 aromatic rings. The van der Waals surface area contributed by atoms with Gasteiger partial charge in [0.15, 0.2) is 0 Å². The summed E-state index contributed by atoms with van der Waals surface area (Å²) in [5.41, 5.74) is 2.16. The van der Waals surface area contributed by atoms with Gasteiger partial charge in [0, 0.05) is 0 Å². The van der Waals surface area contributed by atoms with Gasteiger partial charge in [0.25, 0.3) is 0 Å². The maximum absolute atomic E-state index is 10.9. The molecule has 7 heteroatoms. The first-order valence-electron chi connectivity index (χ1n) is 3.51. The predicted octanol–water partition coefficient (Wildman–Crippen LogP) is -4.09. The van der Waals surface area contributed by atoms with Crippen LogP contribution in [0.3, 0.4) is 0 Å². The van der Waals surface area contributed by atoms with Crippen LogP contribution in [0.1, 0.15) is 0 Å².